The highest BCUT2D eigenvalue weighted by molar-refractivity contribution is 5.94. The zero-order valence-corrected chi connectivity index (χ0v) is 19.0. The fourth-order valence-corrected chi connectivity index (χ4v) is 5.42. The predicted octanol–water partition coefficient (Wildman–Crippen LogP) is 4.20. The number of hydrogen-bond acceptors (Lipinski definition) is 4. The lowest BCUT2D eigenvalue weighted by Gasteiger charge is -2.43. The van der Waals surface area contributed by atoms with E-state index in [1.54, 1.807) is 0 Å². The van der Waals surface area contributed by atoms with Crippen molar-refractivity contribution in [1.82, 2.24) is 9.80 Å². The van der Waals surface area contributed by atoms with Gasteiger partial charge in [-0.15, -0.1) is 0 Å². The van der Waals surface area contributed by atoms with Crippen LogP contribution in [0.3, 0.4) is 0 Å². The fourth-order valence-electron chi connectivity index (χ4n) is 5.42. The van der Waals surface area contributed by atoms with E-state index in [1.165, 1.54) is 50.6 Å². The Hall–Kier alpha value is -1.59. The molecule has 1 aliphatic carbocycles. The van der Waals surface area contributed by atoms with Crippen LogP contribution in [-0.4, -0.2) is 67.1 Å². The maximum Gasteiger partial charge on any atom is 0.241 e. The second-order valence-corrected chi connectivity index (χ2v) is 9.75. The average molecular weight is 413 g/mol. The van der Waals surface area contributed by atoms with Crippen LogP contribution in [-0.2, 0) is 4.79 Å². The molecule has 1 atom stereocenters. The number of nitrogens with zero attached hydrogens (tertiary/aromatic N) is 3. The Balaban J connectivity index is 1.24. The molecular formula is C25H40N4O. The maximum atomic E-state index is 12.8. The van der Waals surface area contributed by atoms with Crippen LogP contribution < -0.4 is 10.2 Å². The van der Waals surface area contributed by atoms with Crippen LogP contribution in [0.5, 0.6) is 0 Å². The van der Waals surface area contributed by atoms with E-state index in [1.807, 2.05) is 0 Å². The number of carbonyl (C=O) groups excluding carboxylic acids is 1. The molecule has 1 aromatic rings. The fraction of sp³-hybridized carbons (Fsp3) is 0.720. The minimum Gasteiger partial charge on any atom is -0.372 e. The first-order valence-electron chi connectivity index (χ1n) is 12.2. The van der Waals surface area contributed by atoms with Crippen molar-refractivity contribution in [3.8, 4) is 0 Å². The van der Waals surface area contributed by atoms with E-state index in [0.29, 0.717) is 0 Å². The Bertz CT molecular complexity index is 669. The highest BCUT2D eigenvalue weighted by Gasteiger charge is 2.30. The lowest BCUT2D eigenvalue weighted by Crippen LogP contribution is -2.55. The highest BCUT2D eigenvalue weighted by atomic mass is 16.2. The SMILES string of the molecule is CC1CCC(N2CCN(C(C)C(=O)Nc3ccc(N4CCCCC4)cc3)CC2)CC1. The minimum absolute atomic E-state index is 0.0831. The van der Waals surface area contributed by atoms with Crippen LogP contribution in [0.25, 0.3) is 0 Å². The number of carbonyl (C=O) groups is 1. The summed E-state index contributed by atoms with van der Waals surface area (Å²) in [5.41, 5.74) is 2.18. The van der Waals surface area contributed by atoms with Gasteiger partial charge >= 0.3 is 0 Å². The number of nitrogens with one attached hydrogen (secondary N) is 1. The Kier molecular flexibility index (Phi) is 7.32. The molecule has 4 rings (SSSR count). The molecule has 5 heteroatoms. The largest absolute Gasteiger partial charge is 0.372 e. The predicted molar refractivity (Wildman–Crippen MR) is 125 cm³/mol. The van der Waals surface area contributed by atoms with Gasteiger partial charge in [-0.1, -0.05) is 6.92 Å². The molecule has 0 bridgehead atoms. The molecule has 1 saturated carbocycles. The van der Waals surface area contributed by atoms with Gasteiger partial charge in [0.05, 0.1) is 6.04 Å². The number of anilines is 2. The summed E-state index contributed by atoms with van der Waals surface area (Å²) in [6, 6.07) is 9.09. The Morgan fingerprint density at radius 2 is 1.53 bits per heavy atom. The molecule has 2 aliphatic heterocycles. The van der Waals surface area contributed by atoms with E-state index in [2.05, 4.69) is 58.1 Å². The molecule has 30 heavy (non-hydrogen) atoms. The lowest BCUT2D eigenvalue weighted by atomic mass is 9.86. The summed E-state index contributed by atoms with van der Waals surface area (Å²) in [7, 11) is 0. The van der Waals surface area contributed by atoms with Crippen molar-refractivity contribution in [2.24, 2.45) is 5.92 Å². The highest BCUT2D eigenvalue weighted by Crippen LogP contribution is 2.28. The molecule has 1 aromatic carbocycles. The van der Waals surface area contributed by atoms with Crippen LogP contribution in [0, 0.1) is 5.92 Å². The van der Waals surface area contributed by atoms with Crippen molar-refractivity contribution in [1.29, 1.82) is 0 Å². The van der Waals surface area contributed by atoms with Crippen LogP contribution in [0.2, 0.25) is 0 Å². The first-order chi connectivity index (χ1) is 14.6. The molecule has 1 N–H and O–H groups in total. The molecule has 166 valence electrons. The number of hydrogen-bond donors (Lipinski definition) is 1. The van der Waals surface area contributed by atoms with E-state index in [4.69, 9.17) is 0 Å². The lowest BCUT2D eigenvalue weighted by molar-refractivity contribution is -0.121. The molecule has 0 radical (unpaired) electrons. The third-order valence-corrected chi connectivity index (χ3v) is 7.63. The van der Waals surface area contributed by atoms with Gasteiger partial charge in [0, 0.05) is 56.7 Å². The second-order valence-electron chi connectivity index (χ2n) is 9.75. The third-order valence-electron chi connectivity index (χ3n) is 7.63. The molecule has 1 amide bonds. The van der Waals surface area contributed by atoms with Crippen molar-refractivity contribution in [3.63, 3.8) is 0 Å². The van der Waals surface area contributed by atoms with Gasteiger partial charge in [-0.3, -0.25) is 14.6 Å². The quantitative estimate of drug-likeness (QED) is 0.787. The molecule has 0 aromatic heterocycles. The van der Waals surface area contributed by atoms with Gasteiger partial charge in [-0.2, -0.15) is 0 Å². The van der Waals surface area contributed by atoms with Gasteiger partial charge in [-0.05, 0) is 82.1 Å². The molecule has 3 fully saturated rings. The summed E-state index contributed by atoms with van der Waals surface area (Å²) in [6.07, 6.45) is 9.36. The van der Waals surface area contributed by atoms with Gasteiger partial charge < -0.3 is 10.2 Å². The van der Waals surface area contributed by atoms with Crippen molar-refractivity contribution >= 4 is 17.3 Å². The number of benzene rings is 1. The van der Waals surface area contributed by atoms with E-state index in [-0.39, 0.29) is 11.9 Å². The van der Waals surface area contributed by atoms with Crippen molar-refractivity contribution in [2.45, 2.75) is 70.9 Å². The Morgan fingerprint density at radius 1 is 0.900 bits per heavy atom. The number of rotatable bonds is 5. The van der Waals surface area contributed by atoms with Gasteiger partial charge in [0.2, 0.25) is 5.91 Å². The summed E-state index contributed by atoms with van der Waals surface area (Å²) in [6.45, 7) is 10.9. The third kappa shape index (κ3) is 5.36. The van der Waals surface area contributed by atoms with Crippen molar-refractivity contribution < 1.29 is 4.79 Å². The zero-order chi connectivity index (χ0) is 20.9. The van der Waals surface area contributed by atoms with Crippen molar-refractivity contribution in [3.05, 3.63) is 24.3 Å². The van der Waals surface area contributed by atoms with Gasteiger partial charge in [0.1, 0.15) is 0 Å². The molecule has 2 saturated heterocycles. The number of amides is 1. The molecule has 3 aliphatic rings. The second kappa shape index (κ2) is 10.1. The van der Waals surface area contributed by atoms with Gasteiger partial charge in [0.25, 0.3) is 0 Å². The van der Waals surface area contributed by atoms with E-state index < -0.39 is 0 Å². The monoisotopic (exact) mass is 412 g/mol. The zero-order valence-electron chi connectivity index (χ0n) is 19.0. The average Bonchev–Trinajstić information content (AvgIpc) is 2.80. The van der Waals surface area contributed by atoms with Crippen LogP contribution >= 0.6 is 0 Å². The van der Waals surface area contributed by atoms with E-state index in [9.17, 15) is 4.79 Å². The first kappa shape index (κ1) is 21.6. The normalized spacial score (nSPS) is 27.6. The molecule has 1 unspecified atom stereocenters. The Morgan fingerprint density at radius 3 is 2.17 bits per heavy atom. The topological polar surface area (TPSA) is 38.8 Å². The molecule has 2 heterocycles. The summed E-state index contributed by atoms with van der Waals surface area (Å²) >= 11 is 0. The van der Waals surface area contributed by atoms with Crippen LogP contribution in [0.4, 0.5) is 11.4 Å². The smallest absolute Gasteiger partial charge is 0.241 e. The summed E-state index contributed by atoms with van der Waals surface area (Å²) in [4.78, 5) is 20.3. The van der Waals surface area contributed by atoms with Gasteiger partial charge in [-0.25, -0.2) is 0 Å². The van der Waals surface area contributed by atoms with Crippen molar-refractivity contribution in [2.75, 3.05) is 49.5 Å². The molecular weight excluding hydrogens is 372 g/mol. The first-order valence-corrected chi connectivity index (χ1v) is 12.2. The summed E-state index contributed by atoms with van der Waals surface area (Å²) in [5, 5.41) is 3.14. The molecule has 5 nitrogen and oxygen atoms in total. The Labute approximate surface area is 182 Å². The number of piperidine rings is 1. The summed E-state index contributed by atoms with van der Waals surface area (Å²) < 4.78 is 0. The summed E-state index contributed by atoms with van der Waals surface area (Å²) in [5.74, 6) is 1.01. The van der Waals surface area contributed by atoms with E-state index in [0.717, 1.165) is 56.9 Å². The van der Waals surface area contributed by atoms with Crippen LogP contribution in [0.1, 0.15) is 58.8 Å². The van der Waals surface area contributed by atoms with Crippen LogP contribution in [0.15, 0.2) is 24.3 Å². The standard InChI is InChI=1S/C25H40N4O/c1-20-6-10-23(11-7-20)29-18-16-27(17-19-29)21(2)25(30)26-22-8-12-24(13-9-22)28-14-4-3-5-15-28/h8-9,12-13,20-21,23H,3-7,10-11,14-19H2,1-2H3,(H,26,30). The van der Waals surface area contributed by atoms with E-state index >= 15 is 0 Å². The molecule has 0 spiro atoms. The minimum atomic E-state index is -0.0831. The number of piperazine rings is 1. The van der Waals surface area contributed by atoms with Gasteiger partial charge in [0.15, 0.2) is 0 Å². The maximum absolute atomic E-state index is 12.8.